The van der Waals surface area contributed by atoms with Crippen LogP contribution in [0.15, 0.2) is 65.9 Å². The lowest BCUT2D eigenvalue weighted by Gasteiger charge is -2.30. The molecular formula is C21H23N3OS. The monoisotopic (exact) mass is 365 g/mol. The third-order valence-corrected chi connectivity index (χ3v) is 4.70. The van der Waals surface area contributed by atoms with E-state index in [2.05, 4.69) is 29.8 Å². The van der Waals surface area contributed by atoms with E-state index in [-0.39, 0.29) is 11.9 Å². The standard InChI is InChI=1S/C21H23N3OS/c1-13(2)16-11-7-8-12-17(16)23-20(25)18-14(3)22-21(26)24-19(18)15-9-5-4-6-10-15/h4-13,19H,1-3H3,(H,23,25)(H2,22,24,26)/t19-/m1/s1. The summed E-state index contributed by atoms with van der Waals surface area (Å²) in [5.74, 6) is 0.189. The maximum absolute atomic E-state index is 13.2. The number of benzene rings is 2. The average Bonchev–Trinajstić information content (AvgIpc) is 2.62. The Hall–Kier alpha value is -2.66. The molecule has 0 bridgehead atoms. The molecule has 26 heavy (non-hydrogen) atoms. The molecule has 0 spiro atoms. The number of rotatable bonds is 4. The van der Waals surface area contributed by atoms with Gasteiger partial charge in [0.25, 0.3) is 5.91 Å². The van der Waals surface area contributed by atoms with Crippen molar-refractivity contribution in [2.75, 3.05) is 5.32 Å². The minimum Gasteiger partial charge on any atom is -0.351 e. The van der Waals surface area contributed by atoms with Gasteiger partial charge < -0.3 is 16.0 Å². The first kappa shape index (κ1) is 18.1. The summed E-state index contributed by atoms with van der Waals surface area (Å²) in [5.41, 5.74) is 4.36. The van der Waals surface area contributed by atoms with Crippen LogP contribution in [0.5, 0.6) is 0 Å². The van der Waals surface area contributed by atoms with Crippen LogP contribution in [0.4, 0.5) is 5.69 Å². The predicted molar refractivity (Wildman–Crippen MR) is 110 cm³/mol. The van der Waals surface area contributed by atoms with E-state index >= 15 is 0 Å². The minimum atomic E-state index is -0.281. The Morgan fingerprint density at radius 2 is 1.73 bits per heavy atom. The van der Waals surface area contributed by atoms with Crippen molar-refractivity contribution in [1.82, 2.24) is 10.6 Å². The van der Waals surface area contributed by atoms with Gasteiger partial charge in [0, 0.05) is 11.4 Å². The lowest BCUT2D eigenvalue weighted by atomic mass is 9.94. The maximum Gasteiger partial charge on any atom is 0.255 e. The molecule has 0 saturated heterocycles. The van der Waals surface area contributed by atoms with Gasteiger partial charge >= 0.3 is 0 Å². The molecule has 0 fully saturated rings. The summed E-state index contributed by atoms with van der Waals surface area (Å²) in [6, 6.07) is 17.5. The highest BCUT2D eigenvalue weighted by Gasteiger charge is 2.30. The highest BCUT2D eigenvalue weighted by atomic mass is 32.1. The summed E-state index contributed by atoms with van der Waals surface area (Å²) in [6.07, 6.45) is 0. The van der Waals surface area contributed by atoms with Crippen LogP contribution in [0, 0.1) is 0 Å². The predicted octanol–water partition coefficient (Wildman–Crippen LogP) is 4.24. The van der Waals surface area contributed by atoms with E-state index < -0.39 is 0 Å². The highest BCUT2D eigenvalue weighted by molar-refractivity contribution is 7.80. The topological polar surface area (TPSA) is 53.2 Å². The molecule has 0 aliphatic carbocycles. The van der Waals surface area contributed by atoms with Crippen molar-refractivity contribution in [2.45, 2.75) is 32.7 Å². The Labute approximate surface area is 159 Å². The van der Waals surface area contributed by atoms with Gasteiger partial charge in [0.05, 0.1) is 11.6 Å². The summed E-state index contributed by atoms with van der Waals surface area (Å²) in [4.78, 5) is 13.2. The van der Waals surface area contributed by atoms with Gasteiger partial charge in [-0.05, 0) is 42.3 Å². The fraction of sp³-hybridized carbons (Fsp3) is 0.238. The molecule has 0 saturated carbocycles. The normalized spacial score (nSPS) is 16.9. The summed E-state index contributed by atoms with van der Waals surface area (Å²) < 4.78 is 0. The third kappa shape index (κ3) is 3.78. The van der Waals surface area contributed by atoms with Crippen molar-refractivity contribution in [3.05, 3.63) is 77.0 Å². The second kappa shape index (κ2) is 7.70. The molecule has 1 atom stereocenters. The van der Waals surface area contributed by atoms with Crippen LogP contribution in [-0.2, 0) is 4.79 Å². The molecule has 1 heterocycles. The highest BCUT2D eigenvalue weighted by Crippen LogP contribution is 2.29. The third-order valence-electron chi connectivity index (χ3n) is 4.48. The van der Waals surface area contributed by atoms with E-state index in [1.807, 2.05) is 61.5 Å². The molecule has 2 aromatic rings. The fourth-order valence-electron chi connectivity index (χ4n) is 3.19. The van der Waals surface area contributed by atoms with Gasteiger partial charge in [0.15, 0.2) is 5.11 Å². The number of anilines is 1. The molecule has 3 rings (SSSR count). The SMILES string of the molecule is CC1=C(C(=O)Nc2ccccc2C(C)C)[C@@H](c2ccccc2)NC(=S)N1. The number of carbonyl (C=O) groups is 1. The first-order valence-corrected chi connectivity index (χ1v) is 9.11. The summed E-state index contributed by atoms with van der Waals surface area (Å²) in [5, 5.41) is 9.90. The number of hydrogen-bond acceptors (Lipinski definition) is 2. The number of carbonyl (C=O) groups excluding carboxylic acids is 1. The molecule has 0 radical (unpaired) electrons. The summed E-state index contributed by atoms with van der Waals surface area (Å²) in [7, 11) is 0. The Morgan fingerprint density at radius 3 is 2.42 bits per heavy atom. The van der Waals surface area contributed by atoms with Gasteiger partial charge in [0.1, 0.15) is 0 Å². The molecular weight excluding hydrogens is 342 g/mol. The van der Waals surface area contributed by atoms with Gasteiger partial charge in [-0.1, -0.05) is 62.4 Å². The van der Waals surface area contributed by atoms with E-state index in [1.54, 1.807) is 0 Å². The van der Waals surface area contributed by atoms with Gasteiger partial charge in [-0.3, -0.25) is 4.79 Å². The van der Waals surface area contributed by atoms with E-state index in [1.165, 1.54) is 0 Å². The Bertz CT molecular complexity index is 859. The molecule has 4 nitrogen and oxygen atoms in total. The summed E-state index contributed by atoms with van der Waals surface area (Å²) >= 11 is 5.30. The molecule has 3 N–H and O–H groups in total. The van der Waals surface area contributed by atoms with Crippen LogP contribution in [0.1, 0.15) is 43.9 Å². The smallest absolute Gasteiger partial charge is 0.255 e. The van der Waals surface area contributed by atoms with Crippen molar-refractivity contribution in [3.8, 4) is 0 Å². The first-order chi connectivity index (χ1) is 12.5. The van der Waals surface area contributed by atoms with Crippen LogP contribution < -0.4 is 16.0 Å². The molecule has 1 amide bonds. The molecule has 2 aromatic carbocycles. The lowest BCUT2D eigenvalue weighted by Crippen LogP contribution is -2.45. The van der Waals surface area contributed by atoms with Gasteiger partial charge in [-0.15, -0.1) is 0 Å². The Morgan fingerprint density at radius 1 is 1.08 bits per heavy atom. The number of nitrogens with one attached hydrogen (secondary N) is 3. The molecule has 5 heteroatoms. The molecule has 1 aliphatic heterocycles. The zero-order valence-electron chi connectivity index (χ0n) is 15.2. The van der Waals surface area contributed by atoms with Crippen molar-refractivity contribution < 1.29 is 4.79 Å². The number of hydrogen-bond donors (Lipinski definition) is 3. The Balaban J connectivity index is 1.96. The number of thiocarbonyl (C=S) groups is 1. The fourth-order valence-corrected chi connectivity index (χ4v) is 3.47. The van der Waals surface area contributed by atoms with Crippen LogP contribution in [0.2, 0.25) is 0 Å². The van der Waals surface area contributed by atoms with Gasteiger partial charge in [-0.25, -0.2) is 0 Å². The van der Waals surface area contributed by atoms with E-state index in [0.29, 0.717) is 16.6 Å². The molecule has 1 aliphatic rings. The van der Waals surface area contributed by atoms with Crippen LogP contribution in [-0.4, -0.2) is 11.0 Å². The van der Waals surface area contributed by atoms with Crippen molar-refractivity contribution >= 4 is 28.9 Å². The number of allylic oxidation sites excluding steroid dienone is 1. The summed E-state index contributed by atoms with van der Waals surface area (Å²) in [6.45, 7) is 6.11. The van der Waals surface area contributed by atoms with Gasteiger partial charge in [-0.2, -0.15) is 0 Å². The molecule has 134 valence electrons. The van der Waals surface area contributed by atoms with Crippen LogP contribution >= 0.6 is 12.2 Å². The van der Waals surface area contributed by atoms with E-state index in [0.717, 1.165) is 22.5 Å². The second-order valence-electron chi connectivity index (χ2n) is 6.68. The average molecular weight is 366 g/mol. The molecule has 0 unspecified atom stereocenters. The van der Waals surface area contributed by atoms with Crippen molar-refractivity contribution in [2.24, 2.45) is 0 Å². The second-order valence-corrected chi connectivity index (χ2v) is 7.09. The van der Waals surface area contributed by atoms with Crippen molar-refractivity contribution in [1.29, 1.82) is 0 Å². The number of para-hydroxylation sites is 1. The van der Waals surface area contributed by atoms with E-state index in [4.69, 9.17) is 12.2 Å². The number of amides is 1. The van der Waals surface area contributed by atoms with Crippen LogP contribution in [0.25, 0.3) is 0 Å². The minimum absolute atomic E-state index is 0.132. The van der Waals surface area contributed by atoms with Crippen LogP contribution in [0.3, 0.4) is 0 Å². The lowest BCUT2D eigenvalue weighted by molar-refractivity contribution is -0.113. The largest absolute Gasteiger partial charge is 0.351 e. The first-order valence-electron chi connectivity index (χ1n) is 8.71. The van der Waals surface area contributed by atoms with Gasteiger partial charge in [0.2, 0.25) is 0 Å². The maximum atomic E-state index is 13.2. The quantitative estimate of drug-likeness (QED) is 0.710. The Kier molecular flexibility index (Phi) is 5.38. The zero-order valence-corrected chi connectivity index (χ0v) is 16.0. The van der Waals surface area contributed by atoms with E-state index in [9.17, 15) is 4.79 Å². The zero-order chi connectivity index (χ0) is 18.7. The van der Waals surface area contributed by atoms with Crippen molar-refractivity contribution in [3.63, 3.8) is 0 Å². The molecule has 0 aromatic heterocycles.